The van der Waals surface area contributed by atoms with Crippen LogP contribution in [0, 0.1) is 0 Å². The van der Waals surface area contributed by atoms with Crippen LogP contribution in [0.4, 0.5) is 8.78 Å². The lowest BCUT2D eigenvalue weighted by molar-refractivity contribution is -0.137. The molecule has 0 radical (unpaired) electrons. The maximum absolute atomic E-state index is 12.7. The number of carbonyl (C=O) groups is 2. The van der Waals surface area contributed by atoms with E-state index in [0.29, 0.717) is 12.8 Å². The number of alkyl halides is 2. The average Bonchev–Trinajstić information content (AvgIpc) is 2.88. The molecule has 1 aliphatic carbocycles. The lowest BCUT2D eigenvalue weighted by atomic mass is 10.1. The van der Waals surface area contributed by atoms with Crippen molar-refractivity contribution in [1.29, 1.82) is 0 Å². The number of halogens is 2. The maximum Gasteiger partial charge on any atom is 0.305 e. The fraction of sp³-hybridized carbons (Fsp3) is 0.545. The molecule has 6 nitrogen and oxygen atoms in total. The molecule has 0 atom stereocenters. The first kappa shape index (κ1) is 13.4. The molecule has 0 aliphatic heterocycles. The van der Waals surface area contributed by atoms with Gasteiger partial charge < -0.3 is 10.4 Å². The second-order valence-corrected chi connectivity index (χ2v) is 4.68. The number of hydrogen-bond donors (Lipinski definition) is 2. The van der Waals surface area contributed by atoms with Crippen LogP contribution in [0.3, 0.4) is 0 Å². The smallest absolute Gasteiger partial charge is 0.305 e. The van der Waals surface area contributed by atoms with Gasteiger partial charge in [-0.1, -0.05) is 0 Å². The van der Waals surface area contributed by atoms with Gasteiger partial charge in [-0.2, -0.15) is 5.10 Å². The molecule has 0 unspecified atom stereocenters. The molecule has 8 heteroatoms. The Labute approximate surface area is 107 Å². The standard InChI is InChI=1S/C11H13F2N3O3/c1-16-8(6(5-14-16)9(12)13)10(19)15-11(2-3-11)4-7(17)18/h5,9H,2-4H2,1H3,(H,15,19)(H,17,18). The van der Waals surface area contributed by atoms with Crippen LogP contribution in [0.25, 0.3) is 0 Å². The lowest BCUT2D eigenvalue weighted by Crippen LogP contribution is -2.39. The lowest BCUT2D eigenvalue weighted by Gasteiger charge is -2.15. The molecule has 1 heterocycles. The van der Waals surface area contributed by atoms with Crippen LogP contribution in [-0.4, -0.2) is 32.3 Å². The van der Waals surface area contributed by atoms with Crippen LogP contribution in [0.1, 0.15) is 41.7 Å². The molecule has 1 amide bonds. The zero-order valence-corrected chi connectivity index (χ0v) is 10.2. The molecule has 104 valence electrons. The summed E-state index contributed by atoms with van der Waals surface area (Å²) in [6.45, 7) is 0. The van der Waals surface area contributed by atoms with E-state index in [1.54, 1.807) is 0 Å². The van der Waals surface area contributed by atoms with Gasteiger partial charge >= 0.3 is 5.97 Å². The number of carboxylic acids is 1. The topological polar surface area (TPSA) is 84.2 Å². The predicted octanol–water partition coefficient (Wildman–Crippen LogP) is 1.09. The monoisotopic (exact) mass is 273 g/mol. The van der Waals surface area contributed by atoms with Crippen LogP contribution in [0.2, 0.25) is 0 Å². The van der Waals surface area contributed by atoms with Crippen LogP contribution < -0.4 is 5.32 Å². The number of amides is 1. The predicted molar refractivity (Wildman–Crippen MR) is 59.8 cm³/mol. The third kappa shape index (κ3) is 2.72. The summed E-state index contributed by atoms with van der Waals surface area (Å²) in [5.41, 5.74) is -1.48. The molecule has 1 aliphatic rings. The molecule has 0 aromatic carbocycles. The van der Waals surface area contributed by atoms with Gasteiger partial charge in [-0.05, 0) is 12.8 Å². The van der Waals surface area contributed by atoms with E-state index in [0.717, 1.165) is 10.9 Å². The minimum absolute atomic E-state index is 0.208. The van der Waals surface area contributed by atoms with Gasteiger partial charge in [0.2, 0.25) is 0 Å². The van der Waals surface area contributed by atoms with E-state index in [1.165, 1.54) is 7.05 Å². The molecule has 1 fully saturated rings. The van der Waals surface area contributed by atoms with Crippen molar-refractivity contribution in [3.05, 3.63) is 17.5 Å². The highest BCUT2D eigenvalue weighted by molar-refractivity contribution is 5.95. The molecule has 0 bridgehead atoms. The molecule has 0 spiro atoms. The van der Waals surface area contributed by atoms with E-state index in [-0.39, 0.29) is 12.1 Å². The van der Waals surface area contributed by atoms with Crippen molar-refractivity contribution in [2.45, 2.75) is 31.2 Å². The largest absolute Gasteiger partial charge is 0.481 e. The minimum Gasteiger partial charge on any atom is -0.481 e. The quantitative estimate of drug-likeness (QED) is 0.841. The number of carbonyl (C=O) groups excluding carboxylic acids is 1. The molecule has 2 rings (SSSR count). The summed E-state index contributed by atoms with van der Waals surface area (Å²) in [4.78, 5) is 22.7. The Morgan fingerprint density at radius 1 is 1.58 bits per heavy atom. The Balaban J connectivity index is 2.17. The normalized spacial score (nSPS) is 16.4. The molecule has 19 heavy (non-hydrogen) atoms. The van der Waals surface area contributed by atoms with Crippen LogP contribution >= 0.6 is 0 Å². The van der Waals surface area contributed by atoms with Gasteiger partial charge in [-0.25, -0.2) is 8.78 Å². The molecule has 1 aromatic rings. The van der Waals surface area contributed by atoms with E-state index < -0.39 is 29.4 Å². The summed E-state index contributed by atoms with van der Waals surface area (Å²) in [7, 11) is 1.39. The van der Waals surface area contributed by atoms with Gasteiger partial charge in [0.05, 0.1) is 23.7 Å². The second-order valence-electron chi connectivity index (χ2n) is 4.68. The SMILES string of the molecule is Cn1ncc(C(F)F)c1C(=O)NC1(CC(=O)O)CC1. The fourth-order valence-electron chi connectivity index (χ4n) is 1.98. The summed E-state index contributed by atoms with van der Waals surface area (Å²) in [6, 6.07) is 0. The summed E-state index contributed by atoms with van der Waals surface area (Å²) < 4.78 is 26.5. The first-order valence-corrected chi connectivity index (χ1v) is 5.69. The Morgan fingerprint density at radius 2 is 2.21 bits per heavy atom. The number of nitrogens with zero attached hydrogens (tertiary/aromatic N) is 2. The van der Waals surface area contributed by atoms with E-state index in [9.17, 15) is 18.4 Å². The van der Waals surface area contributed by atoms with Crippen LogP contribution in [0.15, 0.2) is 6.20 Å². The zero-order valence-electron chi connectivity index (χ0n) is 10.2. The molecule has 1 saturated carbocycles. The first-order valence-electron chi connectivity index (χ1n) is 5.69. The highest BCUT2D eigenvalue weighted by atomic mass is 19.3. The van der Waals surface area contributed by atoms with Gasteiger partial charge in [0, 0.05) is 7.05 Å². The van der Waals surface area contributed by atoms with Gasteiger partial charge in [-0.15, -0.1) is 0 Å². The maximum atomic E-state index is 12.7. The van der Waals surface area contributed by atoms with Crippen molar-refractivity contribution in [2.75, 3.05) is 0 Å². The number of aromatic nitrogens is 2. The van der Waals surface area contributed by atoms with E-state index in [2.05, 4.69) is 10.4 Å². The summed E-state index contributed by atoms with van der Waals surface area (Å²) >= 11 is 0. The van der Waals surface area contributed by atoms with Gasteiger partial charge in [0.15, 0.2) is 0 Å². The summed E-state index contributed by atoms with van der Waals surface area (Å²) in [5, 5.41) is 14.9. The van der Waals surface area contributed by atoms with Crippen molar-refractivity contribution in [3.8, 4) is 0 Å². The Hall–Kier alpha value is -1.99. The van der Waals surface area contributed by atoms with Crippen LogP contribution in [0.5, 0.6) is 0 Å². The highest BCUT2D eigenvalue weighted by Gasteiger charge is 2.46. The van der Waals surface area contributed by atoms with E-state index >= 15 is 0 Å². The molecule has 0 saturated heterocycles. The fourth-order valence-corrected chi connectivity index (χ4v) is 1.98. The third-order valence-electron chi connectivity index (χ3n) is 3.14. The minimum atomic E-state index is -2.80. The number of nitrogens with one attached hydrogen (secondary N) is 1. The van der Waals surface area contributed by atoms with E-state index in [4.69, 9.17) is 5.11 Å². The molecule has 1 aromatic heterocycles. The Morgan fingerprint density at radius 3 is 2.68 bits per heavy atom. The summed E-state index contributed by atoms with van der Waals surface area (Å²) in [5.74, 6) is -1.74. The Kier molecular flexibility index (Phi) is 3.25. The molecular weight excluding hydrogens is 260 g/mol. The molecular formula is C11H13F2N3O3. The van der Waals surface area contributed by atoms with Crippen molar-refractivity contribution in [2.24, 2.45) is 7.05 Å². The molecule has 2 N–H and O–H groups in total. The highest BCUT2D eigenvalue weighted by Crippen LogP contribution is 2.39. The Bertz CT molecular complexity index is 523. The number of carboxylic acid groups (broad SMARTS) is 1. The summed E-state index contributed by atoms with van der Waals surface area (Å²) in [6.07, 6.45) is -0.999. The second kappa shape index (κ2) is 4.60. The van der Waals surface area contributed by atoms with Crippen molar-refractivity contribution >= 4 is 11.9 Å². The number of aryl methyl sites for hydroxylation is 1. The first-order chi connectivity index (χ1) is 8.84. The number of aliphatic carboxylic acids is 1. The van der Waals surface area contributed by atoms with Gasteiger partial charge in [0.1, 0.15) is 5.69 Å². The third-order valence-corrected chi connectivity index (χ3v) is 3.14. The van der Waals surface area contributed by atoms with E-state index in [1.807, 2.05) is 0 Å². The number of hydrogen-bond acceptors (Lipinski definition) is 3. The number of rotatable bonds is 5. The van der Waals surface area contributed by atoms with Gasteiger partial charge in [0.25, 0.3) is 12.3 Å². The van der Waals surface area contributed by atoms with Crippen molar-refractivity contribution < 1.29 is 23.5 Å². The van der Waals surface area contributed by atoms with Crippen LogP contribution in [-0.2, 0) is 11.8 Å². The average molecular weight is 273 g/mol. The van der Waals surface area contributed by atoms with Gasteiger partial charge in [-0.3, -0.25) is 14.3 Å². The van der Waals surface area contributed by atoms with Crippen molar-refractivity contribution in [3.63, 3.8) is 0 Å². The van der Waals surface area contributed by atoms with Crippen molar-refractivity contribution in [1.82, 2.24) is 15.1 Å². The zero-order chi connectivity index (χ0) is 14.2.